The van der Waals surface area contributed by atoms with Gasteiger partial charge in [0, 0.05) is 13.3 Å². The smallest absolute Gasteiger partial charge is 0.328 e. The highest BCUT2D eigenvalue weighted by Gasteiger charge is 2.08. The van der Waals surface area contributed by atoms with E-state index in [2.05, 4.69) is 0 Å². The fourth-order valence-corrected chi connectivity index (χ4v) is 1.04. The summed E-state index contributed by atoms with van der Waals surface area (Å²) in [6.45, 7) is 0.538. The second kappa shape index (κ2) is 4.56. The second-order valence-electron chi connectivity index (χ2n) is 2.85. The van der Waals surface area contributed by atoms with Gasteiger partial charge in [-0.05, 0) is 0 Å². The van der Waals surface area contributed by atoms with E-state index >= 15 is 0 Å². The first kappa shape index (κ1) is 11.2. The predicted molar refractivity (Wildman–Crippen MR) is 51.7 cm³/mol. The van der Waals surface area contributed by atoms with E-state index in [0.717, 1.165) is 10.8 Å². The molecule has 0 bridgehead atoms. The fourth-order valence-electron chi connectivity index (χ4n) is 1.04. The van der Waals surface area contributed by atoms with Gasteiger partial charge >= 0.3 is 5.69 Å². The van der Waals surface area contributed by atoms with Crippen LogP contribution < -0.4 is 17.0 Å². The first-order chi connectivity index (χ1) is 7.06. The Morgan fingerprint density at radius 1 is 1.60 bits per heavy atom. The fraction of sp³-hybridized carbons (Fsp3) is 0.375. The zero-order valence-electron chi connectivity index (χ0n) is 8.15. The lowest BCUT2D eigenvalue weighted by Gasteiger charge is -2.04. The summed E-state index contributed by atoms with van der Waals surface area (Å²) in [5, 5.41) is 0. The molecule has 0 aliphatic heterocycles. The van der Waals surface area contributed by atoms with Crippen molar-refractivity contribution in [3.8, 4) is 0 Å². The molecule has 1 amide bonds. The Morgan fingerprint density at radius 3 is 2.80 bits per heavy atom. The topological polar surface area (TPSA) is 107 Å². The molecule has 1 rings (SSSR count). The summed E-state index contributed by atoms with van der Waals surface area (Å²) < 4.78 is 5.92. The zero-order valence-corrected chi connectivity index (χ0v) is 8.15. The number of nitrogens with two attached hydrogens (primary N) is 1. The monoisotopic (exact) mass is 213 g/mol. The van der Waals surface area contributed by atoms with Gasteiger partial charge in [0.15, 0.2) is 0 Å². The second-order valence-corrected chi connectivity index (χ2v) is 2.85. The molecule has 7 heteroatoms. The number of H-pyrrole nitrogens is 1. The molecule has 1 aromatic rings. The maximum absolute atomic E-state index is 11.2. The van der Waals surface area contributed by atoms with Crippen molar-refractivity contribution in [2.75, 3.05) is 13.7 Å². The molecule has 0 unspecified atom stereocenters. The lowest BCUT2D eigenvalue weighted by molar-refractivity contribution is 0.0997. The predicted octanol–water partition coefficient (Wildman–Crippen LogP) is -1.72. The van der Waals surface area contributed by atoms with Crippen molar-refractivity contribution in [1.82, 2.24) is 9.55 Å². The Labute approximate surface area is 84.5 Å². The maximum Gasteiger partial charge on any atom is 0.328 e. The molecule has 0 saturated heterocycles. The van der Waals surface area contributed by atoms with Gasteiger partial charge in [0.1, 0.15) is 5.56 Å². The van der Waals surface area contributed by atoms with Crippen molar-refractivity contribution in [2.45, 2.75) is 6.54 Å². The normalized spacial score (nSPS) is 10.2. The van der Waals surface area contributed by atoms with Gasteiger partial charge in [0.05, 0.1) is 13.2 Å². The zero-order chi connectivity index (χ0) is 11.4. The number of hydrogen-bond donors (Lipinski definition) is 2. The highest BCUT2D eigenvalue weighted by molar-refractivity contribution is 5.91. The number of methoxy groups -OCH3 is 1. The summed E-state index contributed by atoms with van der Waals surface area (Å²) in [6.07, 6.45) is 1.13. The third-order valence-electron chi connectivity index (χ3n) is 1.81. The van der Waals surface area contributed by atoms with Crippen molar-refractivity contribution in [1.29, 1.82) is 0 Å². The van der Waals surface area contributed by atoms with Crippen molar-refractivity contribution < 1.29 is 9.53 Å². The van der Waals surface area contributed by atoms with E-state index in [0.29, 0.717) is 6.61 Å². The molecule has 15 heavy (non-hydrogen) atoms. The van der Waals surface area contributed by atoms with Crippen LogP contribution >= 0.6 is 0 Å². The standard InChI is InChI=1S/C8H11N3O4/c1-15-3-2-11-4-5(6(9)12)7(13)10-8(11)14/h4H,2-3H2,1H3,(H2,9,12)(H,10,13,14). The number of carbonyl (C=O) groups is 1. The molecule has 1 aromatic heterocycles. The van der Waals surface area contributed by atoms with Crippen LogP contribution in [0.2, 0.25) is 0 Å². The first-order valence-electron chi connectivity index (χ1n) is 4.18. The van der Waals surface area contributed by atoms with E-state index in [1.165, 1.54) is 7.11 Å². The summed E-state index contributed by atoms with van der Waals surface area (Å²) in [5.41, 5.74) is 3.34. The lowest BCUT2D eigenvalue weighted by Crippen LogP contribution is -2.35. The van der Waals surface area contributed by atoms with Gasteiger partial charge in [0.2, 0.25) is 0 Å². The van der Waals surface area contributed by atoms with E-state index in [1.54, 1.807) is 0 Å². The van der Waals surface area contributed by atoms with Crippen molar-refractivity contribution in [3.05, 3.63) is 32.6 Å². The molecule has 0 spiro atoms. The van der Waals surface area contributed by atoms with Crippen LogP contribution in [-0.2, 0) is 11.3 Å². The number of amides is 1. The average Bonchev–Trinajstić information content (AvgIpc) is 2.16. The number of aromatic amines is 1. The van der Waals surface area contributed by atoms with E-state index in [9.17, 15) is 14.4 Å². The van der Waals surface area contributed by atoms with Gasteiger partial charge < -0.3 is 10.5 Å². The average molecular weight is 213 g/mol. The summed E-state index contributed by atoms with van der Waals surface area (Å²) in [4.78, 5) is 35.1. The third-order valence-corrected chi connectivity index (χ3v) is 1.81. The van der Waals surface area contributed by atoms with Crippen LogP contribution in [0.1, 0.15) is 10.4 Å². The molecule has 0 radical (unpaired) electrons. The van der Waals surface area contributed by atoms with Crippen LogP contribution in [0.15, 0.2) is 15.8 Å². The number of primary amides is 1. The molecule has 1 heterocycles. The minimum Gasteiger partial charge on any atom is -0.383 e. The summed E-state index contributed by atoms with van der Waals surface area (Å²) >= 11 is 0. The Morgan fingerprint density at radius 2 is 2.27 bits per heavy atom. The Hall–Kier alpha value is -1.89. The number of carbonyl (C=O) groups excluding carboxylic acids is 1. The molecular weight excluding hydrogens is 202 g/mol. The summed E-state index contributed by atoms with van der Waals surface area (Å²) in [7, 11) is 1.48. The largest absolute Gasteiger partial charge is 0.383 e. The number of nitrogens with zero attached hydrogens (tertiary/aromatic N) is 1. The van der Waals surface area contributed by atoms with Crippen molar-refractivity contribution in [2.24, 2.45) is 5.73 Å². The molecular formula is C8H11N3O4. The van der Waals surface area contributed by atoms with Crippen LogP contribution in [0, 0.1) is 0 Å². The van der Waals surface area contributed by atoms with Gasteiger partial charge in [-0.25, -0.2) is 4.79 Å². The molecule has 3 N–H and O–H groups in total. The Kier molecular flexibility index (Phi) is 3.40. The summed E-state index contributed by atoms with van der Waals surface area (Å²) in [6, 6.07) is 0. The van der Waals surface area contributed by atoms with Crippen LogP contribution in [0.3, 0.4) is 0 Å². The number of aromatic nitrogens is 2. The highest BCUT2D eigenvalue weighted by atomic mass is 16.5. The molecule has 7 nitrogen and oxygen atoms in total. The molecule has 0 saturated carbocycles. The number of hydrogen-bond acceptors (Lipinski definition) is 4. The quantitative estimate of drug-likeness (QED) is 0.620. The number of rotatable bonds is 4. The van der Waals surface area contributed by atoms with Gasteiger partial charge in [-0.1, -0.05) is 0 Å². The van der Waals surface area contributed by atoms with Crippen molar-refractivity contribution >= 4 is 5.91 Å². The minimum atomic E-state index is -0.873. The van der Waals surface area contributed by atoms with Gasteiger partial charge in [-0.2, -0.15) is 0 Å². The minimum absolute atomic E-state index is 0.242. The van der Waals surface area contributed by atoms with Gasteiger partial charge in [0.25, 0.3) is 11.5 Å². The van der Waals surface area contributed by atoms with E-state index in [1.807, 2.05) is 4.98 Å². The Bertz CT molecular complexity index is 474. The molecule has 0 aliphatic rings. The molecule has 0 aromatic carbocycles. The van der Waals surface area contributed by atoms with Crippen LogP contribution in [0.5, 0.6) is 0 Å². The van der Waals surface area contributed by atoms with E-state index in [4.69, 9.17) is 10.5 Å². The number of ether oxygens (including phenoxy) is 1. The molecule has 82 valence electrons. The first-order valence-corrected chi connectivity index (χ1v) is 4.18. The van der Waals surface area contributed by atoms with Gasteiger partial charge in [-0.3, -0.25) is 19.1 Å². The summed E-state index contributed by atoms with van der Waals surface area (Å²) in [5.74, 6) is -0.873. The van der Waals surface area contributed by atoms with Crippen LogP contribution in [0.25, 0.3) is 0 Å². The SMILES string of the molecule is COCCn1cc(C(N)=O)c(=O)[nH]c1=O. The number of nitrogens with one attached hydrogen (secondary N) is 1. The van der Waals surface area contributed by atoms with Gasteiger partial charge in [-0.15, -0.1) is 0 Å². The third kappa shape index (κ3) is 2.53. The molecule has 0 aliphatic carbocycles. The lowest BCUT2D eigenvalue weighted by atomic mass is 10.3. The van der Waals surface area contributed by atoms with E-state index < -0.39 is 17.2 Å². The van der Waals surface area contributed by atoms with Crippen molar-refractivity contribution in [3.63, 3.8) is 0 Å². The highest BCUT2D eigenvalue weighted by Crippen LogP contribution is 1.86. The maximum atomic E-state index is 11.2. The van der Waals surface area contributed by atoms with E-state index in [-0.39, 0.29) is 12.1 Å². The van der Waals surface area contributed by atoms with Crippen LogP contribution in [0.4, 0.5) is 0 Å². The Balaban J connectivity index is 3.18. The molecule has 0 fully saturated rings. The van der Waals surface area contributed by atoms with Crippen LogP contribution in [-0.4, -0.2) is 29.2 Å². The molecule has 0 atom stereocenters.